The second-order valence-electron chi connectivity index (χ2n) is 6.84. The smallest absolute Gasteiger partial charge is 0.133 e. The Balaban J connectivity index is 1.48. The van der Waals surface area contributed by atoms with Crippen molar-refractivity contribution >= 4 is 11.6 Å². The molecule has 3 rings (SSSR count). The van der Waals surface area contributed by atoms with E-state index in [2.05, 4.69) is 20.2 Å². The van der Waals surface area contributed by atoms with Crippen LogP contribution >= 0.6 is 0 Å². The van der Waals surface area contributed by atoms with Gasteiger partial charge in [0, 0.05) is 45.8 Å². The molecule has 7 nitrogen and oxygen atoms in total. The van der Waals surface area contributed by atoms with E-state index in [-0.39, 0.29) is 0 Å². The maximum Gasteiger partial charge on any atom is 0.133 e. The van der Waals surface area contributed by atoms with Gasteiger partial charge in [-0.3, -0.25) is 0 Å². The molecule has 1 unspecified atom stereocenters. The van der Waals surface area contributed by atoms with Crippen LogP contribution in [0.3, 0.4) is 0 Å². The van der Waals surface area contributed by atoms with Crippen LogP contribution < -0.4 is 10.2 Å². The van der Waals surface area contributed by atoms with E-state index in [9.17, 15) is 5.11 Å². The van der Waals surface area contributed by atoms with Crippen molar-refractivity contribution in [3.8, 4) is 0 Å². The maximum absolute atomic E-state index is 10.3. The first-order valence-electron chi connectivity index (χ1n) is 8.74. The molecular formula is C18H27N5O2. The molecule has 1 aliphatic rings. The maximum atomic E-state index is 10.3. The molecule has 2 aromatic heterocycles. The summed E-state index contributed by atoms with van der Waals surface area (Å²) in [6.07, 6.45) is 3.06. The Morgan fingerprint density at radius 1 is 1.32 bits per heavy atom. The monoisotopic (exact) mass is 345 g/mol. The summed E-state index contributed by atoms with van der Waals surface area (Å²) >= 11 is 0. The highest BCUT2D eigenvalue weighted by molar-refractivity contribution is 5.47. The molecule has 3 heterocycles. The lowest BCUT2D eigenvalue weighted by atomic mass is 10.0. The molecule has 0 bridgehead atoms. The number of aromatic nitrogens is 2. The van der Waals surface area contributed by atoms with E-state index in [0.29, 0.717) is 18.3 Å². The van der Waals surface area contributed by atoms with Gasteiger partial charge in [-0.25, -0.2) is 9.97 Å². The lowest BCUT2D eigenvalue weighted by Crippen LogP contribution is -2.41. The molecule has 0 radical (unpaired) electrons. The molecule has 0 aromatic carbocycles. The summed E-state index contributed by atoms with van der Waals surface area (Å²) in [4.78, 5) is 12.8. The molecule has 1 saturated heterocycles. The quantitative estimate of drug-likeness (QED) is 0.829. The molecule has 25 heavy (non-hydrogen) atoms. The number of rotatable bonds is 6. The summed E-state index contributed by atoms with van der Waals surface area (Å²) in [7, 11) is 3.94. The normalized spacial score (nSPS) is 17.4. The zero-order valence-corrected chi connectivity index (χ0v) is 15.1. The third kappa shape index (κ3) is 4.70. The minimum atomic E-state index is -0.567. The lowest BCUT2D eigenvalue weighted by molar-refractivity contribution is 0.0825. The average Bonchev–Trinajstić information content (AvgIpc) is 3.03. The first-order valence-corrected chi connectivity index (χ1v) is 8.74. The van der Waals surface area contributed by atoms with Gasteiger partial charge in [-0.1, -0.05) is 0 Å². The van der Waals surface area contributed by atoms with Gasteiger partial charge in [0.2, 0.25) is 0 Å². The number of nitrogens with one attached hydrogen (secondary N) is 1. The van der Waals surface area contributed by atoms with Crippen molar-refractivity contribution < 1.29 is 9.52 Å². The number of anilines is 2. The number of hydrogen-bond donors (Lipinski definition) is 2. The number of likely N-dealkylation sites (tertiary alicyclic amines) is 1. The molecule has 0 saturated carbocycles. The first-order chi connectivity index (χ1) is 12.0. The fourth-order valence-electron chi connectivity index (χ4n) is 3.11. The Labute approximate surface area is 148 Å². The fraction of sp³-hybridized carbons (Fsp3) is 0.556. The zero-order valence-electron chi connectivity index (χ0n) is 15.1. The number of piperidine rings is 1. The Morgan fingerprint density at radius 2 is 2.08 bits per heavy atom. The van der Waals surface area contributed by atoms with Crippen LogP contribution in [0.15, 0.2) is 28.9 Å². The van der Waals surface area contributed by atoms with E-state index in [4.69, 9.17) is 4.42 Å². The van der Waals surface area contributed by atoms with Crippen LogP contribution in [-0.4, -0.2) is 59.7 Å². The molecule has 7 heteroatoms. The van der Waals surface area contributed by atoms with Gasteiger partial charge in [-0.2, -0.15) is 0 Å². The highest BCUT2D eigenvalue weighted by atomic mass is 16.4. The molecule has 1 fully saturated rings. The fourth-order valence-corrected chi connectivity index (χ4v) is 3.11. The van der Waals surface area contributed by atoms with Crippen molar-refractivity contribution in [2.75, 3.05) is 43.9 Å². The largest absolute Gasteiger partial charge is 0.464 e. The zero-order chi connectivity index (χ0) is 17.8. The molecule has 2 aromatic rings. The first kappa shape index (κ1) is 17.7. The van der Waals surface area contributed by atoms with Crippen LogP contribution in [0.2, 0.25) is 0 Å². The summed E-state index contributed by atoms with van der Waals surface area (Å²) in [6, 6.07) is 6.10. The van der Waals surface area contributed by atoms with Crippen LogP contribution in [0.4, 0.5) is 11.6 Å². The molecule has 136 valence electrons. The van der Waals surface area contributed by atoms with Crippen LogP contribution in [0, 0.1) is 6.92 Å². The van der Waals surface area contributed by atoms with E-state index in [1.807, 2.05) is 44.1 Å². The molecule has 0 aliphatic carbocycles. The number of furan rings is 1. The highest BCUT2D eigenvalue weighted by Crippen LogP contribution is 2.21. The highest BCUT2D eigenvalue weighted by Gasteiger charge is 2.23. The number of hydrogen-bond acceptors (Lipinski definition) is 7. The van der Waals surface area contributed by atoms with E-state index in [1.54, 1.807) is 6.33 Å². The van der Waals surface area contributed by atoms with Crippen LogP contribution in [0.25, 0.3) is 0 Å². The van der Waals surface area contributed by atoms with Crippen LogP contribution in [0.5, 0.6) is 0 Å². The van der Waals surface area contributed by atoms with E-state index < -0.39 is 6.10 Å². The Kier molecular flexibility index (Phi) is 5.55. The summed E-state index contributed by atoms with van der Waals surface area (Å²) in [5.74, 6) is 3.24. The summed E-state index contributed by atoms with van der Waals surface area (Å²) in [6.45, 7) is 4.39. The van der Waals surface area contributed by atoms with Crippen LogP contribution in [0.1, 0.15) is 30.5 Å². The standard InChI is InChI=1S/C18H27N5O2/c1-13-4-5-16(25-13)15(24)11-23-8-6-14(7-9-23)21-17-10-18(22(2)3)20-12-19-17/h4-5,10,12,14-15,24H,6-9,11H2,1-3H3,(H,19,20,21). The Hall–Kier alpha value is -2.12. The van der Waals surface area contributed by atoms with Crippen LogP contribution in [-0.2, 0) is 0 Å². The van der Waals surface area contributed by atoms with Crippen molar-refractivity contribution in [3.05, 3.63) is 36.0 Å². The van der Waals surface area contributed by atoms with Gasteiger partial charge in [0.15, 0.2) is 0 Å². The van der Waals surface area contributed by atoms with Gasteiger partial charge in [-0.15, -0.1) is 0 Å². The topological polar surface area (TPSA) is 77.7 Å². The summed E-state index contributed by atoms with van der Waals surface area (Å²) in [5.41, 5.74) is 0. The van der Waals surface area contributed by atoms with Crippen molar-refractivity contribution in [2.24, 2.45) is 0 Å². The van der Waals surface area contributed by atoms with E-state index >= 15 is 0 Å². The number of β-amino-alcohol motifs (C(OH)–C–C–N with tert-alkyl or cyclic N) is 1. The molecular weight excluding hydrogens is 318 g/mol. The number of aliphatic hydroxyl groups is 1. The molecule has 1 atom stereocenters. The molecule has 0 amide bonds. The van der Waals surface area contributed by atoms with Gasteiger partial charge in [0.1, 0.15) is 35.6 Å². The number of nitrogens with zero attached hydrogens (tertiary/aromatic N) is 4. The van der Waals surface area contributed by atoms with Gasteiger partial charge in [0.25, 0.3) is 0 Å². The van der Waals surface area contributed by atoms with Crippen molar-refractivity contribution in [2.45, 2.75) is 31.9 Å². The second-order valence-corrected chi connectivity index (χ2v) is 6.84. The minimum absolute atomic E-state index is 0.393. The second kappa shape index (κ2) is 7.84. The Bertz CT molecular complexity index is 680. The Morgan fingerprint density at radius 3 is 2.72 bits per heavy atom. The van der Waals surface area contributed by atoms with Crippen molar-refractivity contribution in [3.63, 3.8) is 0 Å². The minimum Gasteiger partial charge on any atom is -0.464 e. The summed E-state index contributed by atoms with van der Waals surface area (Å²) < 4.78 is 5.51. The number of aryl methyl sites for hydroxylation is 1. The SMILES string of the molecule is Cc1ccc(C(O)CN2CCC(Nc3cc(N(C)C)ncn3)CC2)o1. The predicted octanol–water partition coefficient (Wildman–Crippen LogP) is 2.05. The van der Waals surface area contributed by atoms with Gasteiger partial charge < -0.3 is 24.6 Å². The molecule has 1 aliphatic heterocycles. The van der Waals surface area contributed by atoms with E-state index in [0.717, 1.165) is 43.3 Å². The van der Waals surface area contributed by atoms with Crippen molar-refractivity contribution in [1.82, 2.24) is 14.9 Å². The van der Waals surface area contributed by atoms with Gasteiger partial charge in [0.05, 0.1) is 0 Å². The molecule has 0 spiro atoms. The van der Waals surface area contributed by atoms with Gasteiger partial charge >= 0.3 is 0 Å². The van der Waals surface area contributed by atoms with Crippen molar-refractivity contribution in [1.29, 1.82) is 0 Å². The third-order valence-electron chi connectivity index (χ3n) is 4.57. The predicted molar refractivity (Wildman–Crippen MR) is 97.8 cm³/mol. The molecule has 2 N–H and O–H groups in total. The average molecular weight is 345 g/mol. The summed E-state index contributed by atoms with van der Waals surface area (Å²) in [5, 5.41) is 13.8. The lowest BCUT2D eigenvalue weighted by Gasteiger charge is -2.33. The van der Waals surface area contributed by atoms with Gasteiger partial charge in [-0.05, 0) is 31.9 Å². The number of aliphatic hydroxyl groups excluding tert-OH is 1. The van der Waals surface area contributed by atoms with E-state index in [1.165, 1.54) is 0 Å². The third-order valence-corrected chi connectivity index (χ3v) is 4.57.